The van der Waals surface area contributed by atoms with Crippen LogP contribution in [0, 0.1) is 5.92 Å². The van der Waals surface area contributed by atoms with Crippen LogP contribution in [0.3, 0.4) is 0 Å². The molecule has 3 fully saturated rings. The Kier molecular flexibility index (Phi) is 4.88. The molecule has 4 atom stereocenters. The SMILES string of the molecule is C1CCC(CNC2CCCC2C2CCCN2)SC1. The third-order valence-corrected chi connectivity index (χ3v) is 6.46. The van der Waals surface area contributed by atoms with Crippen molar-refractivity contribution in [1.82, 2.24) is 10.6 Å². The van der Waals surface area contributed by atoms with Crippen LogP contribution in [0.1, 0.15) is 51.4 Å². The Labute approximate surface area is 116 Å². The zero-order valence-electron chi connectivity index (χ0n) is 11.5. The molecule has 4 unspecified atom stereocenters. The van der Waals surface area contributed by atoms with Crippen LogP contribution in [0.4, 0.5) is 0 Å². The Bertz CT molecular complexity index is 247. The molecule has 0 aromatic heterocycles. The molecule has 3 rings (SSSR count). The molecule has 2 saturated heterocycles. The predicted molar refractivity (Wildman–Crippen MR) is 80.3 cm³/mol. The Hall–Kier alpha value is 0.270. The highest BCUT2D eigenvalue weighted by Crippen LogP contribution is 2.32. The van der Waals surface area contributed by atoms with Crippen LogP contribution in [0.25, 0.3) is 0 Å². The highest BCUT2D eigenvalue weighted by Gasteiger charge is 2.34. The highest BCUT2D eigenvalue weighted by molar-refractivity contribution is 7.99. The summed E-state index contributed by atoms with van der Waals surface area (Å²) in [4.78, 5) is 0. The molecule has 0 aromatic rings. The quantitative estimate of drug-likeness (QED) is 0.820. The topological polar surface area (TPSA) is 24.1 Å². The number of hydrogen-bond donors (Lipinski definition) is 2. The first-order valence-corrected chi connectivity index (χ1v) is 9.07. The van der Waals surface area contributed by atoms with Crippen molar-refractivity contribution in [2.45, 2.75) is 68.7 Å². The molecule has 2 heterocycles. The Morgan fingerprint density at radius 1 is 1.00 bits per heavy atom. The van der Waals surface area contributed by atoms with E-state index in [2.05, 4.69) is 22.4 Å². The number of nitrogens with one attached hydrogen (secondary N) is 2. The van der Waals surface area contributed by atoms with Gasteiger partial charge in [0.1, 0.15) is 0 Å². The van der Waals surface area contributed by atoms with E-state index in [1.54, 1.807) is 0 Å². The van der Waals surface area contributed by atoms with Crippen molar-refractivity contribution in [3.63, 3.8) is 0 Å². The van der Waals surface area contributed by atoms with Crippen LogP contribution in [-0.2, 0) is 0 Å². The third-order valence-electron chi connectivity index (χ3n) is 5.07. The standard InChI is InChI=1S/C15H28N2S/c1-2-10-18-12(5-1)11-17-15-7-3-6-13(15)14-8-4-9-16-14/h12-17H,1-11H2. The normalized spacial score (nSPS) is 41.3. The first-order valence-electron chi connectivity index (χ1n) is 8.02. The van der Waals surface area contributed by atoms with Crippen molar-refractivity contribution in [3.05, 3.63) is 0 Å². The summed E-state index contributed by atoms with van der Waals surface area (Å²) in [6.07, 6.45) is 11.5. The lowest BCUT2D eigenvalue weighted by Gasteiger charge is -2.29. The number of rotatable bonds is 4. The van der Waals surface area contributed by atoms with Gasteiger partial charge >= 0.3 is 0 Å². The Morgan fingerprint density at radius 3 is 2.78 bits per heavy atom. The maximum Gasteiger partial charge on any atom is 0.0172 e. The van der Waals surface area contributed by atoms with Crippen molar-refractivity contribution < 1.29 is 0 Å². The van der Waals surface area contributed by atoms with Crippen molar-refractivity contribution in [3.8, 4) is 0 Å². The van der Waals surface area contributed by atoms with Gasteiger partial charge in [0.05, 0.1) is 0 Å². The van der Waals surface area contributed by atoms with E-state index in [0.29, 0.717) is 0 Å². The maximum absolute atomic E-state index is 3.92. The molecule has 18 heavy (non-hydrogen) atoms. The zero-order valence-corrected chi connectivity index (χ0v) is 12.3. The Balaban J connectivity index is 1.45. The number of thioether (sulfide) groups is 1. The van der Waals surface area contributed by atoms with Crippen LogP contribution in [-0.4, -0.2) is 36.2 Å². The monoisotopic (exact) mass is 268 g/mol. The van der Waals surface area contributed by atoms with E-state index < -0.39 is 0 Å². The third kappa shape index (κ3) is 3.23. The van der Waals surface area contributed by atoms with Crippen molar-refractivity contribution in [2.24, 2.45) is 5.92 Å². The van der Waals surface area contributed by atoms with Gasteiger partial charge in [-0.1, -0.05) is 12.8 Å². The van der Waals surface area contributed by atoms with E-state index in [4.69, 9.17) is 0 Å². The molecule has 3 heteroatoms. The maximum atomic E-state index is 3.92. The predicted octanol–water partition coefficient (Wildman–Crippen LogP) is 2.78. The molecule has 104 valence electrons. The van der Waals surface area contributed by atoms with E-state index in [0.717, 1.165) is 23.3 Å². The lowest BCUT2D eigenvalue weighted by atomic mass is 9.93. The first-order chi connectivity index (χ1) is 8.93. The highest BCUT2D eigenvalue weighted by atomic mass is 32.2. The van der Waals surface area contributed by atoms with Gasteiger partial charge in [0.15, 0.2) is 0 Å². The molecule has 0 spiro atoms. The second-order valence-corrected chi connectivity index (χ2v) is 7.71. The molecular weight excluding hydrogens is 240 g/mol. The van der Waals surface area contributed by atoms with Crippen LogP contribution >= 0.6 is 11.8 Å². The van der Waals surface area contributed by atoms with Crippen LogP contribution in [0.2, 0.25) is 0 Å². The summed E-state index contributed by atoms with van der Waals surface area (Å²) in [7, 11) is 0. The minimum atomic E-state index is 0.808. The molecular formula is C15H28N2S. The molecule has 1 saturated carbocycles. The summed E-state index contributed by atoms with van der Waals surface area (Å²) in [5, 5.41) is 8.54. The fourth-order valence-electron chi connectivity index (χ4n) is 4.05. The summed E-state index contributed by atoms with van der Waals surface area (Å²) < 4.78 is 0. The molecule has 2 N–H and O–H groups in total. The van der Waals surface area contributed by atoms with E-state index >= 15 is 0 Å². The summed E-state index contributed by atoms with van der Waals surface area (Å²) in [5.41, 5.74) is 0. The molecule has 1 aliphatic carbocycles. The second kappa shape index (κ2) is 6.62. The molecule has 0 radical (unpaired) electrons. The van der Waals surface area contributed by atoms with Crippen molar-refractivity contribution in [1.29, 1.82) is 0 Å². The summed E-state index contributed by atoms with van der Waals surface area (Å²) in [5.74, 6) is 2.31. The largest absolute Gasteiger partial charge is 0.314 e. The number of hydrogen-bond acceptors (Lipinski definition) is 3. The smallest absolute Gasteiger partial charge is 0.0172 e. The van der Waals surface area contributed by atoms with Crippen molar-refractivity contribution in [2.75, 3.05) is 18.8 Å². The van der Waals surface area contributed by atoms with E-state index in [1.807, 2.05) is 0 Å². The van der Waals surface area contributed by atoms with Crippen LogP contribution in [0.5, 0.6) is 0 Å². The van der Waals surface area contributed by atoms with Gasteiger partial charge < -0.3 is 10.6 Å². The minimum Gasteiger partial charge on any atom is -0.314 e. The second-order valence-electron chi connectivity index (χ2n) is 6.30. The van der Waals surface area contributed by atoms with Crippen LogP contribution < -0.4 is 10.6 Å². The van der Waals surface area contributed by atoms with Gasteiger partial charge in [0.2, 0.25) is 0 Å². The van der Waals surface area contributed by atoms with Gasteiger partial charge in [-0.15, -0.1) is 0 Å². The molecule has 0 aromatic carbocycles. The van der Waals surface area contributed by atoms with Gasteiger partial charge in [-0.3, -0.25) is 0 Å². The lowest BCUT2D eigenvalue weighted by Crippen LogP contribution is -2.44. The van der Waals surface area contributed by atoms with E-state index in [-0.39, 0.29) is 0 Å². The van der Waals surface area contributed by atoms with Gasteiger partial charge in [-0.25, -0.2) is 0 Å². The van der Waals surface area contributed by atoms with Gasteiger partial charge in [0.25, 0.3) is 0 Å². The molecule has 0 amide bonds. The molecule has 2 aliphatic heterocycles. The van der Waals surface area contributed by atoms with E-state index in [1.165, 1.54) is 70.2 Å². The summed E-state index contributed by atoms with van der Waals surface area (Å²) >= 11 is 2.20. The van der Waals surface area contributed by atoms with Crippen LogP contribution in [0.15, 0.2) is 0 Å². The zero-order chi connectivity index (χ0) is 12.2. The fraction of sp³-hybridized carbons (Fsp3) is 1.00. The van der Waals surface area contributed by atoms with Crippen molar-refractivity contribution >= 4 is 11.8 Å². The van der Waals surface area contributed by atoms with Gasteiger partial charge in [0, 0.05) is 23.9 Å². The average Bonchev–Trinajstić information content (AvgIpc) is 3.08. The Morgan fingerprint density at radius 2 is 2.00 bits per heavy atom. The summed E-state index contributed by atoms with van der Waals surface area (Å²) in [6, 6.07) is 1.63. The molecule has 2 nitrogen and oxygen atoms in total. The summed E-state index contributed by atoms with van der Waals surface area (Å²) in [6.45, 7) is 2.52. The molecule has 3 aliphatic rings. The van der Waals surface area contributed by atoms with Gasteiger partial charge in [-0.05, 0) is 56.7 Å². The average molecular weight is 268 g/mol. The van der Waals surface area contributed by atoms with E-state index in [9.17, 15) is 0 Å². The van der Waals surface area contributed by atoms with Gasteiger partial charge in [-0.2, -0.15) is 11.8 Å². The first kappa shape index (κ1) is 13.3. The fourth-order valence-corrected chi connectivity index (χ4v) is 5.30. The minimum absolute atomic E-state index is 0.808. The molecule has 0 bridgehead atoms. The lowest BCUT2D eigenvalue weighted by molar-refractivity contribution is 0.320.